The normalized spacial score (nSPS) is 11.1. The highest BCUT2D eigenvalue weighted by atomic mass is 32.1. The molecule has 0 aromatic carbocycles. The summed E-state index contributed by atoms with van der Waals surface area (Å²) in [5, 5.41) is 11.5. The number of ketones is 1. The minimum absolute atomic E-state index is 0.0683. The van der Waals surface area contributed by atoms with Gasteiger partial charge in [-0.15, -0.1) is 5.10 Å². The van der Waals surface area contributed by atoms with Gasteiger partial charge in [-0.05, 0) is 39.2 Å². The van der Waals surface area contributed by atoms with Crippen molar-refractivity contribution in [2.24, 2.45) is 7.05 Å². The third-order valence-corrected chi connectivity index (χ3v) is 3.56. The zero-order valence-corrected chi connectivity index (χ0v) is 12.5. The smallest absolute Gasteiger partial charge is 0.212 e. The number of nitrogens with one attached hydrogen (secondary N) is 1. The van der Waals surface area contributed by atoms with Gasteiger partial charge in [0.2, 0.25) is 5.78 Å². The molecule has 102 valence electrons. The first kappa shape index (κ1) is 13.7. The Morgan fingerprint density at radius 3 is 2.53 bits per heavy atom. The van der Waals surface area contributed by atoms with Crippen LogP contribution in [0, 0.1) is 13.8 Å². The monoisotopic (exact) mass is 279 g/mol. The van der Waals surface area contributed by atoms with Crippen LogP contribution in [0.2, 0.25) is 0 Å². The second-order valence-corrected chi connectivity index (χ2v) is 5.50. The predicted molar refractivity (Wildman–Crippen MR) is 74.8 cm³/mol. The maximum atomic E-state index is 12.6. The van der Waals surface area contributed by atoms with Gasteiger partial charge in [0.1, 0.15) is 10.7 Å². The lowest BCUT2D eigenvalue weighted by atomic mass is 10.1. The van der Waals surface area contributed by atoms with Gasteiger partial charge in [-0.1, -0.05) is 4.49 Å². The highest BCUT2D eigenvalue weighted by Crippen LogP contribution is 2.25. The number of aromatic nitrogens is 4. The van der Waals surface area contributed by atoms with Crippen LogP contribution < -0.4 is 5.32 Å². The van der Waals surface area contributed by atoms with Crippen molar-refractivity contribution < 1.29 is 4.79 Å². The fourth-order valence-corrected chi connectivity index (χ4v) is 2.53. The molecule has 0 spiro atoms. The van der Waals surface area contributed by atoms with Crippen LogP contribution in [0.4, 0.5) is 5.82 Å². The zero-order chi connectivity index (χ0) is 14.2. The van der Waals surface area contributed by atoms with Crippen LogP contribution in [0.25, 0.3) is 0 Å². The van der Waals surface area contributed by atoms with Gasteiger partial charge >= 0.3 is 0 Å². The standard InChI is InChI=1S/C12H17N5OS/c1-6(2)13-12-9(7(3)15-17(12)5)10(18)11-8(4)14-16-19-11/h6,13H,1-5H3. The summed E-state index contributed by atoms with van der Waals surface area (Å²) in [6.45, 7) is 7.67. The molecule has 6 nitrogen and oxygen atoms in total. The summed E-state index contributed by atoms with van der Waals surface area (Å²) >= 11 is 1.12. The summed E-state index contributed by atoms with van der Waals surface area (Å²) in [5.41, 5.74) is 1.97. The van der Waals surface area contributed by atoms with Crippen molar-refractivity contribution in [2.45, 2.75) is 33.7 Å². The fourth-order valence-electron chi connectivity index (χ4n) is 1.92. The maximum absolute atomic E-state index is 12.6. The first-order valence-electron chi connectivity index (χ1n) is 6.05. The number of hydrogen-bond acceptors (Lipinski definition) is 6. The number of hydrogen-bond donors (Lipinski definition) is 1. The second-order valence-electron chi connectivity index (χ2n) is 4.75. The van der Waals surface area contributed by atoms with E-state index >= 15 is 0 Å². The average molecular weight is 279 g/mol. The molecule has 0 aliphatic carbocycles. The van der Waals surface area contributed by atoms with E-state index in [-0.39, 0.29) is 11.8 Å². The zero-order valence-electron chi connectivity index (χ0n) is 11.7. The summed E-state index contributed by atoms with van der Waals surface area (Å²) < 4.78 is 5.52. The van der Waals surface area contributed by atoms with E-state index in [1.807, 2.05) is 27.8 Å². The summed E-state index contributed by atoms with van der Waals surface area (Å²) in [5.74, 6) is 0.673. The number of aryl methyl sites for hydroxylation is 3. The summed E-state index contributed by atoms with van der Waals surface area (Å²) in [4.78, 5) is 13.2. The van der Waals surface area contributed by atoms with Gasteiger partial charge in [0.05, 0.1) is 17.0 Å². The molecular weight excluding hydrogens is 262 g/mol. The van der Waals surface area contributed by atoms with Gasteiger partial charge in [0, 0.05) is 13.1 Å². The Morgan fingerprint density at radius 1 is 1.32 bits per heavy atom. The maximum Gasteiger partial charge on any atom is 0.212 e. The minimum atomic E-state index is -0.0683. The SMILES string of the molecule is Cc1nnsc1C(=O)c1c(C)nn(C)c1NC(C)C. The molecule has 0 atom stereocenters. The second kappa shape index (κ2) is 5.08. The Kier molecular flexibility index (Phi) is 3.66. The van der Waals surface area contributed by atoms with E-state index in [0.29, 0.717) is 21.8 Å². The van der Waals surface area contributed by atoms with Crippen molar-refractivity contribution in [3.05, 3.63) is 21.8 Å². The summed E-state index contributed by atoms with van der Waals surface area (Å²) in [6, 6.07) is 0.224. The van der Waals surface area contributed by atoms with Gasteiger partial charge in [-0.2, -0.15) is 5.10 Å². The van der Waals surface area contributed by atoms with E-state index in [1.165, 1.54) is 0 Å². The van der Waals surface area contributed by atoms with E-state index in [0.717, 1.165) is 17.4 Å². The number of carbonyl (C=O) groups excluding carboxylic acids is 1. The molecule has 0 saturated heterocycles. The van der Waals surface area contributed by atoms with Gasteiger partial charge in [-0.25, -0.2) is 0 Å². The van der Waals surface area contributed by atoms with Gasteiger partial charge in [-0.3, -0.25) is 9.48 Å². The highest BCUT2D eigenvalue weighted by molar-refractivity contribution is 7.08. The third kappa shape index (κ3) is 2.51. The molecule has 2 rings (SSSR count). The molecule has 7 heteroatoms. The molecule has 2 aromatic heterocycles. The fraction of sp³-hybridized carbons (Fsp3) is 0.500. The molecule has 0 amide bonds. The molecule has 1 N–H and O–H groups in total. The minimum Gasteiger partial charge on any atom is -0.367 e. The topological polar surface area (TPSA) is 72.7 Å². The van der Waals surface area contributed by atoms with Crippen LogP contribution in [0.3, 0.4) is 0 Å². The van der Waals surface area contributed by atoms with E-state index in [2.05, 4.69) is 20.0 Å². The van der Waals surface area contributed by atoms with Gasteiger partial charge in [0.25, 0.3) is 0 Å². The molecule has 2 heterocycles. The van der Waals surface area contributed by atoms with Crippen LogP contribution >= 0.6 is 11.5 Å². The van der Waals surface area contributed by atoms with E-state index in [1.54, 1.807) is 11.6 Å². The van der Waals surface area contributed by atoms with Crippen LogP contribution in [0.1, 0.15) is 40.5 Å². The van der Waals surface area contributed by atoms with Gasteiger partial charge in [0.15, 0.2) is 0 Å². The Bertz CT molecular complexity index is 614. The lowest BCUT2D eigenvalue weighted by Gasteiger charge is -2.11. The summed E-state index contributed by atoms with van der Waals surface area (Å²) in [7, 11) is 1.83. The number of carbonyl (C=O) groups is 1. The first-order valence-corrected chi connectivity index (χ1v) is 6.83. The number of anilines is 1. The van der Waals surface area contributed by atoms with Crippen LogP contribution in [0.15, 0.2) is 0 Å². The number of nitrogens with zero attached hydrogens (tertiary/aromatic N) is 4. The van der Waals surface area contributed by atoms with Crippen molar-refractivity contribution in [2.75, 3.05) is 5.32 Å². The van der Waals surface area contributed by atoms with E-state index < -0.39 is 0 Å². The Balaban J connectivity index is 2.50. The molecule has 2 aromatic rings. The first-order chi connectivity index (χ1) is 8.91. The summed E-state index contributed by atoms with van der Waals surface area (Å²) in [6.07, 6.45) is 0. The van der Waals surface area contributed by atoms with Crippen molar-refractivity contribution in [3.63, 3.8) is 0 Å². The van der Waals surface area contributed by atoms with Crippen molar-refractivity contribution in [1.82, 2.24) is 19.4 Å². The highest BCUT2D eigenvalue weighted by Gasteiger charge is 2.25. The van der Waals surface area contributed by atoms with Gasteiger partial charge < -0.3 is 5.32 Å². The lowest BCUT2D eigenvalue weighted by molar-refractivity contribution is 0.104. The largest absolute Gasteiger partial charge is 0.367 e. The van der Waals surface area contributed by atoms with Crippen LogP contribution in [0.5, 0.6) is 0 Å². The molecule has 0 saturated carbocycles. The lowest BCUT2D eigenvalue weighted by Crippen LogP contribution is -2.16. The molecule has 0 fully saturated rings. The van der Waals surface area contributed by atoms with Crippen LogP contribution in [-0.4, -0.2) is 31.2 Å². The third-order valence-electron chi connectivity index (χ3n) is 2.73. The van der Waals surface area contributed by atoms with E-state index in [4.69, 9.17) is 0 Å². The number of rotatable bonds is 4. The van der Waals surface area contributed by atoms with Crippen LogP contribution in [-0.2, 0) is 7.05 Å². The Labute approximate surface area is 116 Å². The average Bonchev–Trinajstić information content (AvgIpc) is 2.83. The quantitative estimate of drug-likeness (QED) is 0.866. The molecule has 0 aliphatic heterocycles. The molecule has 0 bridgehead atoms. The van der Waals surface area contributed by atoms with Crippen molar-refractivity contribution in [3.8, 4) is 0 Å². The Morgan fingerprint density at radius 2 is 2.00 bits per heavy atom. The van der Waals surface area contributed by atoms with Crippen molar-refractivity contribution >= 4 is 23.1 Å². The molecule has 0 aliphatic rings. The predicted octanol–water partition coefficient (Wildman–Crippen LogP) is 1.94. The molecule has 19 heavy (non-hydrogen) atoms. The molecular formula is C12H17N5OS. The molecule has 0 radical (unpaired) electrons. The van der Waals surface area contributed by atoms with Crippen molar-refractivity contribution in [1.29, 1.82) is 0 Å². The Hall–Kier alpha value is -1.76. The molecule has 0 unspecified atom stereocenters. The van der Waals surface area contributed by atoms with E-state index in [9.17, 15) is 4.79 Å².